The van der Waals surface area contributed by atoms with E-state index in [2.05, 4.69) is 0 Å². The third-order valence-electron chi connectivity index (χ3n) is 3.81. The summed E-state index contributed by atoms with van der Waals surface area (Å²) in [5.74, 6) is 0.798. The van der Waals surface area contributed by atoms with E-state index in [1.165, 1.54) is 0 Å². The predicted octanol–water partition coefficient (Wildman–Crippen LogP) is 2.68. The summed E-state index contributed by atoms with van der Waals surface area (Å²) >= 11 is 0. The third kappa shape index (κ3) is 3.81. The lowest BCUT2D eigenvalue weighted by Crippen LogP contribution is -2.32. The first-order valence-corrected chi connectivity index (χ1v) is 7.66. The fourth-order valence-electron chi connectivity index (χ4n) is 2.51. The number of rotatable bonds is 3. The highest BCUT2D eigenvalue weighted by atomic mass is 16.6. The van der Waals surface area contributed by atoms with Crippen molar-refractivity contribution in [2.45, 2.75) is 19.7 Å². The van der Waals surface area contributed by atoms with E-state index in [-0.39, 0.29) is 12.7 Å². The third-order valence-corrected chi connectivity index (χ3v) is 3.81. The summed E-state index contributed by atoms with van der Waals surface area (Å²) in [5.41, 5.74) is 8.61. The molecule has 1 aliphatic heterocycles. The molecule has 1 amide bonds. The molecule has 120 valence electrons. The van der Waals surface area contributed by atoms with Crippen LogP contribution in [-0.4, -0.2) is 24.1 Å². The Balaban J connectivity index is 1.64. The number of hydrogen-bond acceptors (Lipinski definition) is 4. The average molecular weight is 312 g/mol. The summed E-state index contributed by atoms with van der Waals surface area (Å²) in [7, 11) is 0. The molecule has 0 spiro atoms. The van der Waals surface area contributed by atoms with Gasteiger partial charge in [0.15, 0.2) is 0 Å². The van der Waals surface area contributed by atoms with Gasteiger partial charge in [0.05, 0.1) is 13.1 Å². The van der Waals surface area contributed by atoms with Crippen molar-refractivity contribution in [1.29, 1.82) is 0 Å². The van der Waals surface area contributed by atoms with Crippen LogP contribution in [-0.2, 0) is 24.4 Å². The maximum absolute atomic E-state index is 12.3. The molecule has 0 bridgehead atoms. The summed E-state index contributed by atoms with van der Waals surface area (Å²) in [6.45, 7) is 2.17. The second-order valence-corrected chi connectivity index (χ2v) is 5.46. The molecule has 0 aromatic heterocycles. The molecule has 0 fully saturated rings. The highest BCUT2D eigenvalue weighted by Gasteiger charge is 2.21. The number of carbonyl (C=O) groups is 1. The molecule has 0 aliphatic carbocycles. The maximum atomic E-state index is 12.3. The Morgan fingerprint density at radius 2 is 2.00 bits per heavy atom. The van der Waals surface area contributed by atoms with E-state index < -0.39 is 0 Å². The Morgan fingerprint density at radius 1 is 1.17 bits per heavy atom. The Labute approximate surface area is 135 Å². The lowest BCUT2D eigenvalue weighted by molar-refractivity contribution is 0.0913. The SMILES string of the molecule is NCc1ccc2c(c1)OCCN(C(=O)OCc1ccccc1)C2. The van der Waals surface area contributed by atoms with E-state index in [0.29, 0.717) is 26.2 Å². The van der Waals surface area contributed by atoms with Gasteiger partial charge in [0.25, 0.3) is 0 Å². The fourth-order valence-corrected chi connectivity index (χ4v) is 2.51. The van der Waals surface area contributed by atoms with Gasteiger partial charge in [-0.3, -0.25) is 0 Å². The Morgan fingerprint density at radius 3 is 2.78 bits per heavy atom. The smallest absolute Gasteiger partial charge is 0.410 e. The van der Waals surface area contributed by atoms with Gasteiger partial charge in [-0.25, -0.2) is 4.79 Å². The molecular formula is C18H20N2O3. The molecule has 1 aliphatic rings. The van der Waals surface area contributed by atoms with Crippen LogP contribution >= 0.6 is 0 Å². The van der Waals surface area contributed by atoms with E-state index in [1.54, 1.807) is 4.90 Å². The van der Waals surface area contributed by atoms with Crippen molar-refractivity contribution >= 4 is 6.09 Å². The Kier molecular flexibility index (Phi) is 4.78. The largest absolute Gasteiger partial charge is 0.491 e. The van der Waals surface area contributed by atoms with Crippen LogP contribution in [0.25, 0.3) is 0 Å². The molecule has 0 atom stereocenters. The van der Waals surface area contributed by atoms with Crippen molar-refractivity contribution < 1.29 is 14.3 Å². The maximum Gasteiger partial charge on any atom is 0.410 e. The number of nitrogens with zero attached hydrogens (tertiary/aromatic N) is 1. The molecule has 0 radical (unpaired) electrons. The van der Waals surface area contributed by atoms with Crippen LogP contribution in [0, 0.1) is 0 Å². The van der Waals surface area contributed by atoms with Gasteiger partial charge >= 0.3 is 6.09 Å². The van der Waals surface area contributed by atoms with Gasteiger partial charge in [-0.15, -0.1) is 0 Å². The highest BCUT2D eigenvalue weighted by Crippen LogP contribution is 2.25. The second kappa shape index (κ2) is 7.15. The minimum atomic E-state index is -0.326. The number of carbonyl (C=O) groups excluding carboxylic acids is 1. The van der Waals surface area contributed by atoms with Crippen LogP contribution in [0.3, 0.4) is 0 Å². The summed E-state index contributed by atoms with van der Waals surface area (Å²) in [6.07, 6.45) is -0.326. The van der Waals surface area contributed by atoms with Gasteiger partial charge in [0.2, 0.25) is 0 Å². The zero-order valence-electron chi connectivity index (χ0n) is 12.9. The van der Waals surface area contributed by atoms with Gasteiger partial charge < -0.3 is 20.1 Å². The van der Waals surface area contributed by atoms with Gasteiger partial charge in [-0.05, 0) is 17.2 Å². The minimum Gasteiger partial charge on any atom is -0.491 e. The molecular weight excluding hydrogens is 292 g/mol. The quantitative estimate of drug-likeness (QED) is 0.946. The highest BCUT2D eigenvalue weighted by molar-refractivity contribution is 5.68. The van der Waals surface area contributed by atoms with Crippen molar-refractivity contribution in [2.75, 3.05) is 13.2 Å². The summed E-state index contributed by atoms with van der Waals surface area (Å²) in [4.78, 5) is 13.9. The Bertz CT molecular complexity index is 673. The van der Waals surface area contributed by atoms with Gasteiger partial charge in [-0.1, -0.05) is 42.5 Å². The molecule has 0 unspecified atom stereocenters. The van der Waals surface area contributed by atoms with Crippen LogP contribution in [0.2, 0.25) is 0 Å². The van der Waals surface area contributed by atoms with Crippen molar-refractivity contribution in [3.8, 4) is 5.75 Å². The topological polar surface area (TPSA) is 64.8 Å². The summed E-state index contributed by atoms with van der Waals surface area (Å²) in [5, 5.41) is 0. The van der Waals surface area contributed by atoms with E-state index in [1.807, 2.05) is 48.5 Å². The van der Waals surface area contributed by atoms with E-state index in [0.717, 1.165) is 22.4 Å². The average Bonchev–Trinajstić information content (AvgIpc) is 2.82. The molecule has 1 heterocycles. The number of hydrogen-bond donors (Lipinski definition) is 1. The lowest BCUT2D eigenvalue weighted by Gasteiger charge is -2.19. The molecule has 5 heteroatoms. The first-order valence-electron chi connectivity index (χ1n) is 7.66. The first kappa shape index (κ1) is 15.4. The number of amides is 1. The monoisotopic (exact) mass is 312 g/mol. The van der Waals surface area contributed by atoms with Crippen molar-refractivity contribution in [1.82, 2.24) is 4.90 Å². The van der Waals surface area contributed by atoms with Crippen LogP contribution in [0.4, 0.5) is 4.79 Å². The van der Waals surface area contributed by atoms with Gasteiger partial charge in [0, 0.05) is 12.1 Å². The summed E-state index contributed by atoms with van der Waals surface area (Å²) < 4.78 is 11.1. The molecule has 3 rings (SSSR count). The van der Waals surface area contributed by atoms with E-state index in [9.17, 15) is 4.79 Å². The molecule has 5 nitrogen and oxygen atoms in total. The Hall–Kier alpha value is -2.53. The van der Waals surface area contributed by atoms with Gasteiger partial charge in [0.1, 0.15) is 19.0 Å². The van der Waals surface area contributed by atoms with Crippen molar-refractivity contribution in [3.63, 3.8) is 0 Å². The predicted molar refractivity (Wildman–Crippen MR) is 86.9 cm³/mol. The molecule has 2 N–H and O–H groups in total. The minimum absolute atomic E-state index is 0.274. The zero-order chi connectivity index (χ0) is 16.1. The van der Waals surface area contributed by atoms with Crippen molar-refractivity contribution in [3.05, 3.63) is 65.2 Å². The van der Waals surface area contributed by atoms with E-state index >= 15 is 0 Å². The second-order valence-electron chi connectivity index (χ2n) is 5.46. The van der Waals surface area contributed by atoms with Crippen LogP contribution < -0.4 is 10.5 Å². The van der Waals surface area contributed by atoms with Gasteiger partial charge in [-0.2, -0.15) is 0 Å². The molecule has 0 saturated carbocycles. The fraction of sp³-hybridized carbons (Fsp3) is 0.278. The van der Waals surface area contributed by atoms with Crippen LogP contribution in [0.1, 0.15) is 16.7 Å². The number of benzene rings is 2. The van der Waals surface area contributed by atoms with Crippen LogP contribution in [0.15, 0.2) is 48.5 Å². The van der Waals surface area contributed by atoms with E-state index in [4.69, 9.17) is 15.2 Å². The summed E-state index contributed by atoms with van der Waals surface area (Å²) in [6, 6.07) is 15.5. The number of fused-ring (bicyclic) bond motifs is 1. The normalized spacial score (nSPS) is 13.7. The first-order chi connectivity index (χ1) is 11.3. The molecule has 23 heavy (non-hydrogen) atoms. The van der Waals surface area contributed by atoms with Crippen molar-refractivity contribution in [2.24, 2.45) is 5.73 Å². The number of nitrogens with two attached hydrogens (primary N) is 1. The molecule has 2 aromatic rings. The van der Waals surface area contributed by atoms with Crippen LogP contribution in [0.5, 0.6) is 5.75 Å². The number of ether oxygens (including phenoxy) is 2. The molecule has 2 aromatic carbocycles. The lowest BCUT2D eigenvalue weighted by atomic mass is 10.1. The standard InChI is InChI=1S/C18H20N2O3/c19-11-15-6-7-16-12-20(8-9-22-17(16)10-15)18(21)23-13-14-4-2-1-3-5-14/h1-7,10H,8-9,11-13,19H2. The molecule has 0 saturated heterocycles. The zero-order valence-corrected chi connectivity index (χ0v) is 12.9.